The highest BCUT2D eigenvalue weighted by Crippen LogP contribution is 2.26. The van der Waals surface area contributed by atoms with Crippen molar-refractivity contribution in [1.29, 1.82) is 0 Å². The lowest BCUT2D eigenvalue weighted by atomic mass is 9.90. The van der Waals surface area contributed by atoms with Crippen LogP contribution in [0.1, 0.15) is 19.8 Å². The van der Waals surface area contributed by atoms with Gasteiger partial charge in [0, 0.05) is 31.0 Å². The number of hydrogen-bond acceptors (Lipinski definition) is 5. The van der Waals surface area contributed by atoms with Gasteiger partial charge in [-0.25, -0.2) is 4.98 Å². The van der Waals surface area contributed by atoms with Crippen molar-refractivity contribution in [2.45, 2.75) is 25.3 Å². The second-order valence-corrected chi connectivity index (χ2v) is 5.11. The molecule has 1 N–H and O–H groups in total. The topological polar surface area (TPSA) is 58.4 Å². The predicted octanol–water partition coefficient (Wildman–Crippen LogP) is 0.703. The first-order valence-electron chi connectivity index (χ1n) is 6.30. The van der Waals surface area contributed by atoms with Gasteiger partial charge in [0.05, 0.1) is 0 Å². The van der Waals surface area contributed by atoms with E-state index in [1.807, 2.05) is 17.6 Å². The lowest BCUT2D eigenvalue weighted by Crippen LogP contribution is -2.50. The Kier molecular flexibility index (Phi) is 2.66. The molecule has 0 radical (unpaired) electrons. The number of anilines is 1. The fourth-order valence-corrected chi connectivity index (χ4v) is 2.43. The Morgan fingerprint density at radius 2 is 2.11 bits per heavy atom. The summed E-state index contributed by atoms with van der Waals surface area (Å²) in [6, 6.07) is 0. The lowest BCUT2D eigenvalue weighted by molar-refractivity contribution is 0.304. The van der Waals surface area contributed by atoms with Gasteiger partial charge < -0.3 is 10.2 Å². The Balaban J connectivity index is 1.86. The van der Waals surface area contributed by atoms with Gasteiger partial charge in [-0.05, 0) is 26.8 Å². The second-order valence-electron chi connectivity index (χ2n) is 5.11. The maximum Gasteiger partial charge on any atom is 0.203 e. The molecular formula is C12H18N6. The van der Waals surface area contributed by atoms with Gasteiger partial charge in [0.25, 0.3) is 0 Å². The Morgan fingerprint density at radius 1 is 1.33 bits per heavy atom. The Bertz CT molecular complexity index is 540. The van der Waals surface area contributed by atoms with E-state index in [-0.39, 0.29) is 5.54 Å². The van der Waals surface area contributed by atoms with Crippen molar-refractivity contribution in [1.82, 2.24) is 24.9 Å². The van der Waals surface area contributed by atoms with Gasteiger partial charge >= 0.3 is 0 Å². The highest BCUT2D eigenvalue weighted by molar-refractivity contribution is 5.63. The average Bonchev–Trinajstić information content (AvgIpc) is 2.88. The molecule has 3 rings (SSSR count). The summed E-state index contributed by atoms with van der Waals surface area (Å²) in [4.78, 5) is 6.75. The molecule has 1 fully saturated rings. The van der Waals surface area contributed by atoms with E-state index in [0.717, 1.165) is 37.4 Å². The van der Waals surface area contributed by atoms with Gasteiger partial charge in [0.15, 0.2) is 5.82 Å². The summed E-state index contributed by atoms with van der Waals surface area (Å²) in [5.74, 6) is 0.938. The number of fused-ring (bicyclic) bond motifs is 1. The highest BCUT2D eigenvalue weighted by Gasteiger charge is 2.29. The van der Waals surface area contributed by atoms with E-state index in [1.165, 1.54) is 0 Å². The Hall–Kier alpha value is -1.69. The molecule has 1 aliphatic heterocycles. The number of aromatic nitrogens is 4. The molecular weight excluding hydrogens is 228 g/mol. The van der Waals surface area contributed by atoms with Crippen molar-refractivity contribution in [3.63, 3.8) is 0 Å². The molecule has 96 valence electrons. The van der Waals surface area contributed by atoms with Crippen LogP contribution in [0.5, 0.6) is 0 Å². The van der Waals surface area contributed by atoms with E-state index < -0.39 is 0 Å². The number of rotatable bonds is 2. The van der Waals surface area contributed by atoms with Crippen LogP contribution >= 0.6 is 0 Å². The smallest absolute Gasteiger partial charge is 0.203 e. The van der Waals surface area contributed by atoms with Crippen LogP contribution in [0.3, 0.4) is 0 Å². The molecule has 0 aromatic carbocycles. The van der Waals surface area contributed by atoms with Crippen LogP contribution in [-0.2, 0) is 0 Å². The molecule has 1 aliphatic rings. The van der Waals surface area contributed by atoms with Crippen LogP contribution in [0.15, 0.2) is 18.7 Å². The summed E-state index contributed by atoms with van der Waals surface area (Å²) in [7, 11) is 2.03. The SMILES string of the molecule is CNC1(C)CCN(c2nccn3cnnc23)CC1. The molecule has 0 amide bonds. The second kappa shape index (κ2) is 4.20. The van der Waals surface area contributed by atoms with E-state index in [1.54, 1.807) is 12.5 Å². The summed E-state index contributed by atoms with van der Waals surface area (Å²) in [5.41, 5.74) is 1.08. The molecule has 2 aromatic rings. The van der Waals surface area contributed by atoms with Crippen molar-refractivity contribution in [2.24, 2.45) is 0 Å². The number of hydrogen-bond donors (Lipinski definition) is 1. The minimum atomic E-state index is 0.245. The molecule has 6 nitrogen and oxygen atoms in total. The van der Waals surface area contributed by atoms with Crippen LogP contribution in [-0.4, -0.2) is 45.3 Å². The molecule has 18 heavy (non-hydrogen) atoms. The van der Waals surface area contributed by atoms with Gasteiger partial charge in [-0.3, -0.25) is 4.40 Å². The molecule has 1 saturated heterocycles. The summed E-state index contributed by atoms with van der Waals surface area (Å²) in [6.07, 6.45) is 7.61. The van der Waals surface area contributed by atoms with E-state index in [2.05, 4.69) is 32.3 Å². The van der Waals surface area contributed by atoms with Crippen LogP contribution in [0.25, 0.3) is 5.65 Å². The molecule has 6 heteroatoms. The number of piperidine rings is 1. The molecule has 0 saturated carbocycles. The first-order valence-corrected chi connectivity index (χ1v) is 6.30. The van der Waals surface area contributed by atoms with Gasteiger partial charge in [0.1, 0.15) is 6.33 Å². The van der Waals surface area contributed by atoms with E-state index in [9.17, 15) is 0 Å². The first kappa shape index (κ1) is 11.4. The van der Waals surface area contributed by atoms with Crippen LogP contribution < -0.4 is 10.2 Å². The normalized spacial score (nSPS) is 19.3. The Labute approximate surface area is 106 Å². The van der Waals surface area contributed by atoms with Gasteiger partial charge in [-0.1, -0.05) is 0 Å². The fourth-order valence-electron chi connectivity index (χ4n) is 2.43. The predicted molar refractivity (Wildman–Crippen MR) is 69.7 cm³/mol. The maximum atomic E-state index is 4.46. The first-order chi connectivity index (χ1) is 8.72. The van der Waals surface area contributed by atoms with Gasteiger partial charge in [-0.15, -0.1) is 10.2 Å². The third-order valence-electron chi connectivity index (χ3n) is 3.97. The van der Waals surface area contributed by atoms with Crippen molar-refractivity contribution in [3.8, 4) is 0 Å². The van der Waals surface area contributed by atoms with Gasteiger partial charge in [0.2, 0.25) is 5.65 Å². The van der Waals surface area contributed by atoms with Crippen LogP contribution in [0, 0.1) is 0 Å². The standard InChI is InChI=1S/C12H18N6/c1-12(13-2)3-6-17(7-4-12)10-11-16-15-9-18(11)8-5-14-10/h5,8-9,13H,3-4,6-7H2,1-2H3. The van der Waals surface area contributed by atoms with Crippen molar-refractivity contribution in [3.05, 3.63) is 18.7 Å². The van der Waals surface area contributed by atoms with Crippen molar-refractivity contribution < 1.29 is 0 Å². The highest BCUT2D eigenvalue weighted by atomic mass is 15.3. The number of nitrogens with zero attached hydrogens (tertiary/aromatic N) is 5. The quantitative estimate of drug-likeness (QED) is 0.845. The zero-order valence-electron chi connectivity index (χ0n) is 10.8. The monoisotopic (exact) mass is 246 g/mol. The zero-order valence-corrected chi connectivity index (χ0v) is 10.8. The largest absolute Gasteiger partial charge is 0.353 e. The molecule has 3 heterocycles. The number of nitrogens with one attached hydrogen (secondary N) is 1. The molecule has 0 unspecified atom stereocenters. The minimum Gasteiger partial charge on any atom is -0.353 e. The average molecular weight is 246 g/mol. The summed E-state index contributed by atoms with van der Waals surface area (Å²) in [5, 5.41) is 11.5. The lowest BCUT2D eigenvalue weighted by Gasteiger charge is -2.39. The van der Waals surface area contributed by atoms with E-state index >= 15 is 0 Å². The fraction of sp³-hybridized carbons (Fsp3) is 0.583. The molecule has 0 spiro atoms. The van der Waals surface area contributed by atoms with Gasteiger partial charge in [-0.2, -0.15) is 0 Å². The maximum absolute atomic E-state index is 4.46. The summed E-state index contributed by atoms with van der Waals surface area (Å²) in [6.45, 7) is 4.27. The molecule has 0 aliphatic carbocycles. The third-order valence-corrected chi connectivity index (χ3v) is 3.97. The molecule has 0 bridgehead atoms. The molecule has 0 atom stereocenters. The zero-order chi connectivity index (χ0) is 12.6. The van der Waals surface area contributed by atoms with E-state index in [4.69, 9.17) is 0 Å². The van der Waals surface area contributed by atoms with Crippen molar-refractivity contribution in [2.75, 3.05) is 25.0 Å². The van der Waals surface area contributed by atoms with E-state index in [0.29, 0.717) is 0 Å². The van der Waals surface area contributed by atoms with Crippen LogP contribution in [0.2, 0.25) is 0 Å². The summed E-state index contributed by atoms with van der Waals surface area (Å²) < 4.78 is 1.91. The molecule has 2 aromatic heterocycles. The Morgan fingerprint density at radius 3 is 2.83 bits per heavy atom. The minimum absolute atomic E-state index is 0.245. The summed E-state index contributed by atoms with van der Waals surface area (Å²) >= 11 is 0. The van der Waals surface area contributed by atoms with Crippen LogP contribution in [0.4, 0.5) is 5.82 Å². The third kappa shape index (κ3) is 1.82. The van der Waals surface area contributed by atoms with Crippen molar-refractivity contribution >= 4 is 11.5 Å².